The summed E-state index contributed by atoms with van der Waals surface area (Å²) < 4.78 is 28.0. The predicted molar refractivity (Wildman–Crippen MR) is 204 cm³/mol. The number of esters is 1. The largest absolute Gasteiger partial charge is 0.507 e. The lowest BCUT2D eigenvalue weighted by Gasteiger charge is -2.38. The molecule has 5 bridgehead atoms. The topological polar surface area (TPSA) is 240 Å². The summed E-state index contributed by atoms with van der Waals surface area (Å²) in [6, 6.07) is 0. The minimum absolute atomic E-state index is 0.0339. The molecular formula is C40H50N2O14. The van der Waals surface area contributed by atoms with Crippen LogP contribution in [0, 0.1) is 30.6 Å². The Balaban J connectivity index is 1.98. The number of fused-ring (bicyclic) bond motifs is 14. The molecule has 0 saturated heterocycles. The molecule has 5 rings (SSSR count). The Bertz CT molecular complexity index is 2000. The van der Waals surface area contributed by atoms with Gasteiger partial charge in [-0.05, 0) is 19.9 Å². The van der Waals surface area contributed by atoms with Crippen LogP contribution in [-0.2, 0) is 28.5 Å². The number of carbonyl (C=O) groups excluding carboxylic acids is 4. The molecule has 0 aromatic heterocycles. The number of rotatable bonds is 4. The Morgan fingerprint density at radius 1 is 0.964 bits per heavy atom. The van der Waals surface area contributed by atoms with Crippen LogP contribution in [0.5, 0.6) is 23.0 Å². The maximum Gasteiger partial charge on any atom is 0.416 e. The number of allylic oxidation sites excluding steroid dienone is 2. The Morgan fingerprint density at radius 2 is 1.62 bits per heavy atom. The molecule has 0 fully saturated rings. The normalized spacial score (nSPS) is 30.7. The van der Waals surface area contributed by atoms with Crippen molar-refractivity contribution in [2.75, 3.05) is 17.7 Å². The number of aliphatic hydroxyl groups is 2. The number of Topliss-reactive ketones (excluding diaryl/α,β-unsaturated/α-hetero) is 1. The zero-order valence-corrected chi connectivity index (χ0v) is 32.7. The predicted octanol–water partition coefficient (Wildman–Crippen LogP) is 5.45. The van der Waals surface area contributed by atoms with E-state index in [0.29, 0.717) is 0 Å². The summed E-state index contributed by atoms with van der Waals surface area (Å²) in [5.41, 5.74) is -1.45. The summed E-state index contributed by atoms with van der Waals surface area (Å²) in [5, 5.41) is 61.3. The molecule has 0 unspecified atom stereocenters. The van der Waals surface area contributed by atoms with Gasteiger partial charge in [-0.25, -0.2) is 4.79 Å². The van der Waals surface area contributed by atoms with E-state index >= 15 is 0 Å². The van der Waals surface area contributed by atoms with Crippen molar-refractivity contribution in [1.82, 2.24) is 0 Å². The number of methoxy groups -OCH3 is 1. The van der Waals surface area contributed by atoms with Crippen LogP contribution < -0.4 is 15.4 Å². The number of nitrogens with one attached hydrogen (secondary N) is 2. The summed E-state index contributed by atoms with van der Waals surface area (Å²) in [7, 11) is 1.40. The molecule has 3 aliphatic heterocycles. The quantitative estimate of drug-likeness (QED) is 0.0884. The lowest BCUT2D eigenvalue weighted by atomic mass is 9.78. The molecule has 2 aromatic carbocycles. The lowest BCUT2D eigenvalue weighted by Crippen LogP contribution is -2.46. The van der Waals surface area contributed by atoms with E-state index in [0.717, 1.165) is 12.5 Å². The van der Waals surface area contributed by atoms with E-state index in [1.54, 1.807) is 33.8 Å². The molecule has 3 aliphatic rings. The molecule has 304 valence electrons. The van der Waals surface area contributed by atoms with Gasteiger partial charge in [-0.2, -0.15) is 0 Å². The summed E-state index contributed by atoms with van der Waals surface area (Å²) in [5.74, 6) is -9.57. The van der Waals surface area contributed by atoms with Crippen molar-refractivity contribution in [3.8, 4) is 23.0 Å². The van der Waals surface area contributed by atoms with Crippen LogP contribution >= 0.6 is 0 Å². The van der Waals surface area contributed by atoms with Gasteiger partial charge in [-0.3, -0.25) is 19.7 Å². The molecule has 0 aliphatic carbocycles. The number of hydrogen-bond acceptors (Lipinski definition) is 14. The van der Waals surface area contributed by atoms with E-state index in [2.05, 4.69) is 17.2 Å². The maximum atomic E-state index is 14.2. The number of phenols is 3. The molecular weight excluding hydrogens is 732 g/mol. The van der Waals surface area contributed by atoms with Crippen LogP contribution in [0.25, 0.3) is 10.8 Å². The fraction of sp³-hybridized carbons (Fsp3) is 0.450. The van der Waals surface area contributed by atoms with Crippen LogP contribution in [0.1, 0.15) is 64.4 Å². The summed E-state index contributed by atoms with van der Waals surface area (Å²) in [4.78, 5) is 52.6. The molecule has 0 radical (unpaired) electrons. The number of aliphatic hydroxyl groups excluding tert-OH is 2. The van der Waals surface area contributed by atoms with Gasteiger partial charge in [0.1, 0.15) is 34.7 Å². The first-order valence-electron chi connectivity index (χ1n) is 17.9. The molecule has 56 heavy (non-hydrogen) atoms. The van der Waals surface area contributed by atoms with Crippen molar-refractivity contribution < 1.29 is 68.4 Å². The SMILES string of the molecule is C=COC(=O)Nc1c2c(O)c3c(O)c(C)c4c(c3c1O)C(=O)[C@@](C)(O/C=C/[C@H](OC)[C@@H](C)[C@@H](OC(C)=O)[C@H](C)[C@H](O)[C@H](C)[C@@H](O)[C@@H](C)/C=C/C=C(/C)C(=O)N2)O4. The van der Waals surface area contributed by atoms with E-state index in [1.165, 1.54) is 53.0 Å². The fourth-order valence-electron chi connectivity index (χ4n) is 7.05. The summed E-state index contributed by atoms with van der Waals surface area (Å²) in [6.45, 7) is 15.4. The minimum Gasteiger partial charge on any atom is -0.507 e. The third-order valence-electron chi connectivity index (χ3n) is 10.4. The van der Waals surface area contributed by atoms with E-state index in [4.69, 9.17) is 23.7 Å². The zero-order valence-electron chi connectivity index (χ0n) is 32.7. The number of amides is 2. The molecule has 7 N–H and O–H groups in total. The average molecular weight is 783 g/mol. The van der Waals surface area contributed by atoms with Gasteiger partial charge in [0.2, 0.25) is 0 Å². The lowest BCUT2D eigenvalue weighted by molar-refractivity contribution is -0.160. The molecule has 0 spiro atoms. The second-order valence-corrected chi connectivity index (χ2v) is 14.3. The van der Waals surface area contributed by atoms with Gasteiger partial charge >= 0.3 is 17.8 Å². The van der Waals surface area contributed by atoms with Gasteiger partial charge in [0, 0.05) is 61.2 Å². The number of ether oxygens (including phenoxy) is 5. The molecule has 2 amide bonds. The number of aromatic hydroxyl groups is 3. The Morgan fingerprint density at radius 3 is 2.23 bits per heavy atom. The fourth-order valence-corrected chi connectivity index (χ4v) is 7.05. The maximum absolute atomic E-state index is 14.2. The van der Waals surface area contributed by atoms with Crippen molar-refractivity contribution in [2.45, 2.75) is 85.6 Å². The molecule has 9 atom stereocenters. The molecule has 3 heterocycles. The molecule has 16 heteroatoms. The van der Waals surface area contributed by atoms with Gasteiger partial charge in [-0.15, -0.1) is 0 Å². The molecule has 0 saturated carbocycles. The number of ketones is 1. The van der Waals surface area contributed by atoms with Crippen molar-refractivity contribution in [3.05, 3.63) is 60.1 Å². The average Bonchev–Trinajstić information content (AvgIpc) is 3.41. The number of phenolic OH excluding ortho intramolecular Hbond substituents is 3. The first-order chi connectivity index (χ1) is 26.2. The number of hydrogen-bond donors (Lipinski definition) is 7. The Kier molecular flexibility index (Phi) is 13.1. The van der Waals surface area contributed by atoms with Crippen molar-refractivity contribution >= 4 is 45.9 Å². The number of benzene rings is 2. The standard InChI is InChI=1S/C40H50N2O14/c1-11-53-39(51)42-29-28-34(48)26-25(33(29)47)27-36(22(7)32(26)46)56-40(9,37(27)49)54-16-15-24(52-10)19(4)35(55-23(8)43)21(6)31(45)20(5)30(44)17(2)13-12-14-18(3)38(50)41-28/h11-17,19-21,24,30-31,35,44-48H,1H2,2-10H3,(H,41,50)(H,42,51)/b13-12+,16-15+,18-14-/t17-,19+,20+,21+,24-,30-,31+,35+,40-/m0/s1. The van der Waals surface area contributed by atoms with Crippen molar-refractivity contribution in [2.24, 2.45) is 23.7 Å². The highest BCUT2D eigenvalue weighted by molar-refractivity contribution is 6.24. The van der Waals surface area contributed by atoms with E-state index in [-0.39, 0.29) is 22.4 Å². The van der Waals surface area contributed by atoms with Crippen LogP contribution in [0.3, 0.4) is 0 Å². The monoisotopic (exact) mass is 782 g/mol. The zero-order chi connectivity index (χ0) is 42.0. The minimum atomic E-state index is -2.12. The highest BCUT2D eigenvalue weighted by Gasteiger charge is 2.50. The van der Waals surface area contributed by atoms with Crippen LogP contribution in [0.4, 0.5) is 16.2 Å². The smallest absolute Gasteiger partial charge is 0.416 e. The number of anilines is 2. The third-order valence-corrected chi connectivity index (χ3v) is 10.4. The van der Waals surface area contributed by atoms with Gasteiger partial charge in [-0.1, -0.05) is 52.5 Å². The first kappa shape index (κ1) is 43.2. The first-order valence-corrected chi connectivity index (χ1v) is 17.9. The third kappa shape index (κ3) is 8.17. The highest BCUT2D eigenvalue weighted by Crippen LogP contribution is 2.57. The van der Waals surface area contributed by atoms with Crippen LogP contribution in [-0.4, -0.2) is 86.6 Å². The Hall–Kier alpha value is -5.58. The number of carbonyl (C=O) groups is 4. The van der Waals surface area contributed by atoms with E-state index < -0.39 is 117 Å². The molecule has 2 aromatic rings. The van der Waals surface area contributed by atoms with Crippen molar-refractivity contribution in [3.63, 3.8) is 0 Å². The van der Waals surface area contributed by atoms with Gasteiger partial charge in [0.15, 0.2) is 5.75 Å². The van der Waals surface area contributed by atoms with Gasteiger partial charge in [0.05, 0.1) is 41.8 Å². The van der Waals surface area contributed by atoms with Gasteiger partial charge < -0.3 is 54.5 Å². The highest BCUT2D eigenvalue weighted by atomic mass is 16.7. The second kappa shape index (κ2) is 17.1. The molecule has 16 nitrogen and oxygen atoms in total. The van der Waals surface area contributed by atoms with Crippen LogP contribution in [0.2, 0.25) is 0 Å². The summed E-state index contributed by atoms with van der Waals surface area (Å²) >= 11 is 0. The van der Waals surface area contributed by atoms with E-state index in [9.17, 15) is 44.7 Å². The Labute approximate surface area is 324 Å². The summed E-state index contributed by atoms with van der Waals surface area (Å²) in [6.07, 6.45) is 2.67. The van der Waals surface area contributed by atoms with E-state index in [1.807, 2.05) is 0 Å². The van der Waals surface area contributed by atoms with Crippen LogP contribution in [0.15, 0.2) is 49.0 Å². The van der Waals surface area contributed by atoms with Crippen molar-refractivity contribution in [1.29, 1.82) is 0 Å². The van der Waals surface area contributed by atoms with Gasteiger partial charge in [0.25, 0.3) is 11.7 Å². The second-order valence-electron chi connectivity index (χ2n) is 14.3.